The van der Waals surface area contributed by atoms with E-state index in [0.717, 1.165) is 18.8 Å². The maximum absolute atomic E-state index is 11.9. The van der Waals surface area contributed by atoms with Crippen molar-refractivity contribution in [3.63, 3.8) is 0 Å². The number of hydrogen-bond acceptors (Lipinski definition) is 2. The zero-order valence-corrected chi connectivity index (χ0v) is 28.0. The van der Waals surface area contributed by atoms with Gasteiger partial charge in [-0.05, 0) is 44.4 Å². The molecule has 0 unspecified atom stereocenters. The molecular weight excluding hydrogens is 488 g/mol. The van der Waals surface area contributed by atoms with Crippen LogP contribution in [0.25, 0.3) is 0 Å². The topological polar surface area (TPSA) is 26.3 Å². The monoisotopic (exact) mass is 563 g/mol. The summed E-state index contributed by atoms with van der Waals surface area (Å²) in [5.74, 6) is 0.893. The van der Waals surface area contributed by atoms with E-state index in [1.165, 1.54) is 173 Å². The molecule has 0 spiro atoms. The van der Waals surface area contributed by atoms with Crippen LogP contribution in [0.1, 0.15) is 213 Å². The first-order valence-corrected chi connectivity index (χ1v) is 18.5. The fourth-order valence-corrected chi connectivity index (χ4v) is 5.55. The van der Waals surface area contributed by atoms with Crippen LogP contribution in [0.4, 0.5) is 0 Å². The van der Waals surface area contributed by atoms with Crippen LogP contribution in [0.15, 0.2) is 12.2 Å². The molecule has 0 aliphatic carbocycles. The molecule has 0 aromatic carbocycles. The van der Waals surface area contributed by atoms with Crippen LogP contribution in [0.3, 0.4) is 0 Å². The first kappa shape index (κ1) is 39.2. The highest BCUT2D eigenvalue weighted by Crippen LogP contribution is 2.15. The molecule has 2 nitrogen and oxygen atoms in total. The molecule has 0 aliphatic rings. The van der Waals surface area contributed by atoms with Gasteiger partial charge in [-0.25, -0.2) is 0 Å². The van der Waals surface area contributed by atoms with E-state index in [1.807, 2.05) is 0 Å². The Morgan fingerprint density at radius 2 is 0.875 bits per heavy atom. The molecule has 0 heterocycles. The third kappa shape index (κ3) is 35.2. The molecule has 238 valence electrons. The average Bonchev–Trinajstić information content (AvgIpc) is 2.94. The summed E-state index contributed by atoms with van der Waals surface area (Å²) in [4.78, 5) is 11.9. The fraction of sp³-hybridized carbons (Fsp3) is 0.921. The maximum atomic E-state index is 11.9. The van der Waals surface area contributed by atoms with E-state index in [0.29, 0.717) is 13.0 Å². The number of hydrogen-bond donors (Lipinski definition) is 0. The minimum Gasteiger partial charge on any atom is -0.466 e. The van der Waals surface area contributed by atoms with Crippen LogP contribution in [0, 0.1) is 5.92 Å². The van der Waals surface area contributed by atoms with E-state index in [1.54, 1.807) is 0 Å². The van der Waals surface area contributed by atoms with E-state index in [2.05, 4.69) is 32.9 Å². The van der Waals surface area contributed by atoms with Crippen LogP contribution in [-0.4, -0.2) is 12.6 Å². The number of rotatable bonds is 33. The van der Waals surface area contributed by atoms with Gasteiger partial charge in [-0.2, -0.15) is 0 Å². The van der Waals surface area contributed by atoms with Gasteiger partial charge in [-0.1, -0.05) is 181 Å². The molecule has 2 heteroatoms. The largest absolute Gasteiger partial charge is 0.466 e. The van der Waals surface area contributed by atoms with E-state index in [4.69, 9.17) is 4.74 Å². The number of esters is 1. The summed E-state index contributed by atoms with van der Waals surface area (Å²) in [6.07, 6.45) is 44.2. The number of allylic oxidation sites excluding steroid dienone is 2. The van der Waals surface area contributed by atoms with Gasteiger partial charge in [0.05, 0.1) is 6.61 Å². The van der Waals surface area contributed by atoms with Crippen molar-refractivity contribution in [2.24, 2.45) is 5.92 Å². The molecule has 0 fully saturated rings. The molecule has 0 bridgehead atoms. The van der Waals surface area contributed by atoms with E-state index < -0.39 is 0 Å². The van der Waals surface area contributed by atoms with Crippen molar-refractivity contribution in [1.29, 1.82) is 0 Å². The molecule has 0 aliphatic heterocycles. The van der Waals surface area contributed by atoms with Gasteiger partial charge in [-0.3, -0.25) is 4.79 Å². The van der Waals surface area contributed by atoms with Gasteiger partial charge in [0.2, 0.25) is 0 Å². The van der Waals surface area contributed by atoms with Gasteiger partial charge >= 0.3 is 5.97 Å². The fourth-order valence-electron chi connectivity index (χ4n) is 5.55. The molecule has 0 rings (SSSR count). The predicted octanol–water partition coefficient (Wildman–Crippen LogP) is 13.5. The van der Waals surface area contributed by atoms with Crippen LogP contribution in [-0.2, 0) is 9.53 Å². The van der Waals surface area contributed by atoms with Crippen molar-refractivity contribution in [2.75, 3.05) is 6.61 Å². The van der Waals surface area contributed by atoms with Crippen LogP contribution in [0.2, 0.25) is 0 Å². The van der Waals surface area contributed by atoms with Gasteiger partial charge in [0.25, 0.3) is 0 Å². The van der Waals surface area contributed by atoms with Gasteiger partial charge < -0.3 is 4.74 Å². The Kier molecular flexibility index (Phi) is 33.7. The van der Waals surface area contributed by atoms with Crippen molar-refractivity contribution in [3.05, 3.63) is 12.2 Å². The lowest BCUT2D eigenvalue weighted by atomic mass is 10.0. The SMILES string of the molecule is CCCCCCCCC=CCCCCCCCCCC(=O)OCCCCCCCCCCCCCCCC(C)C. The second kappa shape index (κ2) is 34.4. The van der Waals surface area contributed by atoms with Gasteiger partial charge in [0.15, 0.2) is 0 Å². The molecule has 40 heavy (non-hydrogen) atoms. The highest BCUT2D eigenvalue weighted by atomic mass is 16.5. The lowest BCUT2D eigenvalue weighted by Gasteiger charge is -2.06. The molecule has 0 N–H and O–H groups in total. The summed E-state index contributed by atoms with van der Waals surface area (Å²) >= 11 is 0. The quantitative estimate of drug-likeness (QED) is 0.0451. The minimum atomic E-state index is 0.0210. The summed E-state index contributed by atoms with van der Waals surface area (Å²) in [6.45, 7) is 7.57. The molecule has 0 amide bonds. The van der Waals surface area contributed by atoms with Crippen molar-refractivity contribution in [3.8, 4) is 0 Å². The highest BCUT2D eigenvalue weighted by molar-refractivity contribution is 5.69. The Bertz CT molecular complexity index is 510. The molecule has 0 radical (unpaired) electrons. The number of ether oxygens (including phenoxy) is 1. The first-order chi connectivity index (χ1) is 19.7. The van der Waals surface area contributed by atoms with Crippen molar-refractivity contribution in [1.82, 2.24) is 0 Å². The van der Waals surface area contributed by atoms with Gasteiger partial charge in [-0.15, -0.1) is 0 Å². The van der Waals surface area contributed by atoms with Crippen molar-refractivity contribution in [2.45, 2.75) is 213 Å². The van der Waals surface area contributed by atoms with Crippen LogP contribution < -0.4 is 0 Å². The molecule has 0 atom stereocenters. The smallest absolute Gasteiger partial charge is 0.305 e. The summed E-state index contributed by atoms with van der Waals surface area (Å²) in [5.41, 5.74) is 0. The zero-order chi connectivity index (χ0) is 29.2. The lowest BCUT2D eigenvalue weighted by molar-refractivity contribution is -0.143. The minimum absolute atomic E-state index is 0.0210. The second-order valence-electron chi connectivity index (χ2n) is 13.0. The Balaban J connectivity index is 3.19. The predicted molar refractivity (Wildman–Crippen MR) is 179 cm³/mol. The number of unbranched alkanes of at least 4 members (excludes halogenated alkanes) is 25. The standard InChI is InChI=1S/C38H74O2/c1-4-5-6-7-8-9-10-11-12-13-14-17-20-23-26-29-32-35-38(39)40-36-33-30-27-24-21-18-15-16-19-22-25-28-31-34-37(2)3/h11-12,37H,4-10,13-36H2,1-3H3. The first-order valence-electron chi connectivity index (χ1n) is 18.5. The molecule has 0 aromatic rings. The number of carbonyl (C=O) groups is 1. The van der Waals surface area contributed by atoms with E-state index in [-0.39, 0.29) is 5.97 Å². The van der Waals surface area contributed by atoms with E-state index >= 15 is 0 Å². The van der Waals surface area contributed by atoms with Crippen LogP contribution in [0.5, 0.6) is 0 Å². The van der Waals surface area contributed by atoms with Crippen LogP contribution >= 0.6 is 0 Å². The van der Waals surface area contributed by atoms with Gasteiger partial charge in [0, 0.05) is 6.42 Å². The third-order valence-corrected chi connectivity index (χ3v) is 8.33. The van der Waals surface area contributed by atoms with Gasteiger partial charge in [0.1, 0.15) is 0 Å². The maximum Gasteiger partial charge on any atom is 0.305 e. The second-order valence-corrected chi connectivity index (χ2v) is 13.0. The summed E-state index contributed by atoms with van der Waals surface area (Å²) in [7, 11) is 0. The Hall–Kier alpha value is -0.790. The summed E-state index contributed by atoms with van der Waals surface area (Å²) < 4.78 is 5.44. The van der Waals surface area contributed by atoms with Crippen molar-refractivity contribution >= 4 is 5.97 Å². The third-order valence-electron chi connectivity index (χ3n) is 8.33. The Morgan fingerprint density at radius 1 is 0.500 bits per heavy atom. The van der Waals surface area contributed by atoms with Crippen molar-refractivity contribution < 1.29 is 9.53 Å². The molecule has 0 saturated heterocycles. The average molecular weight is 563 g/mol. The summed E-state index contributed by atoms with van der Waals surface area (Å²) in [6, 6.07) is 0. The summed E-state index contributed by atoms with van der Waals surface area (Å²) in [5, 5.41) is 0. The Labute approximate surface area is 253 Å². The van der Waals surface area contributed by atoms with E-state index in [9.17, 15) is 4.79 Å². The Morgan fingerprint density at radius 3 is 1.32 bits per heavy atom. The molecule has 0 saturated carbocycles. The lowest BCUT2D eigenvalue weighted by Crippen LogP contribution is -2.05. The molecule has 0 aromatic heterocycles. The normalized spacial score (nSPS) is 11.7. The molecular formula is C38H74O2. The highest BCUT2D eigenvalue weighted by Gasteiger charge is 2.03. The number of carbonyl (C=O) groups excluding carboxylic acids is 1. The zero-order valence-electron chi connectivity index (χ0n) is 28.0.